The zero-order chi connectivity index (χ0) is 17.0. The van der Waals surface area contributed by atoms with Crippen molar-refractivity contribution in [1.29, 1.82) is 0 Å². The van der Waals surface area contributed by atoms with Gasteiger partial charge >= 0.3 is 6.09 Å². The van der Waals surface area contributed by atoms with Gasteiger partial charge in [-0.15, -0.1) is 0 Å². The second-order valence-electron chi connectivity index (χ2n) is 6.33. The molecule has 23 heavy (non-hydrogen) atoms. The van der Waals surface area contributed by atoms with Gasteiger partial charge in [0.05, 0.1) is 6.26 Å². The van der Waals surface area contributed by atoms with E-state index in [0.717, 1.165) is 16.5 Å². The molecule has 0 unspecified atom stereocenters. The van der Waals surface area contributed by atoms with Crippen LogP contribution in [0.5, 0.6) is 0 Å². The molecule has 0 saturated carbocycles. The second kappa shape index (κ2) is 6.73. The number of rotatable bonds is 4. The predicted octanol–water partition coefficient (Wildman–Crippen LogP) is 3.46. The van der Waals surface area contributed by atoms with E-state index in [-0.39, 0.29) is 5.91 Å². The normalized spacial score (nSPS) is 11.3. The molecule has 0 aliphatic heterocycles. The van der Waals surface area contributed by atoms with Crippen molar-refractivity contribution in [3.63, 3.8) is 0 Å². The Morgan fingerprint density at radius 3 is 2.65 bits per heavy atom. The Hall–Kier alpha value is -2.50. The maximum Gasteiger partial charge on any atom is 0.412 e. The smallest absolute Gasteiger partial charge is 0.412 e. The van der Waals surface area contributed by atoms with Crippen molar-refractivity contribution < 1.29 is 18.7 Å². The van der Waals surface area contributed by atoms with Crippen molar-refractivity contribution in [2.75, 3.05) is 11.9 Å². The van der Waals surface area contributed by atoms with Crippen LogP contribution in [0.25, 0.3) is 11.0 Å². The minimum Gasteiger partial charge on any atom is -0.464 e. The summed E-state index contributed by atoms with van der Waals surface area (Å²) in [5.74, 6) is -0.0647. The summed E-state index contributed by atoms with van der Waals surface area (Å²) in [6.45, 7) is 7.45. The number of carbonyl (C=O) groups excluding carboxylic acids is 2. The Morgan fingerprint density at radius 2 is 2.00 bits per heavy atom. The summed E-state index contributed by atoms with van der Waals surface area (Å²) in [5.41, 5.74) is 1.79. The largest absolute Gasteiger partial charge is 0.464 e. The van der Waals surface area contributed by atoms with E-state index >= 15 is 0 Å². The van der Waals surface area contributed by atoms with Crippen molar-refractivity contribution in [3.05, 3.63) is 30.0 Å². The fraction of sp³-hybridized carbons (Fsp3) is 0.412. The Bertz CT molecular complexity index is 713. The third kappa shape index (κ3) is 5.02. The van der Waals surface area contributed by atoms with E-state index in [1.165, 1.54) is 6.92 Å². The number of fused-ring (bicyclic) bond motifs is 1. The van der Waals surface area contributed by atoms with Crippen LogP contribution in [0.4, 0.5) is 10.5 Å². The lowest BCUT2D eigenvalue weighted by atomic mass is 10.1. The van der Waals surface area contributed by atoms with Gasteiger partial charge in [0.15, 0.2) is 0 Å². The standard InChI is InChI=1S/C17H22N2O4/c1-11(20)18-8-7-12-10-22-15-6-5-13(9-14(12)15)19-16(21)23-17(2,3)4/h5-6,9-10H,7-8H2,1-4H3,(H,18,20)(H,19,21). The van der Waals surface area contributed by atoms with Crippen LogP contribution >= 0.6 is 0 Å². The summed E-state index contributed by atoms with van der Waals surface area (Å²) in [7, 11) is 0. The lowest BCUT2D eigenvalue weighted by Gasteiger charge is -2.19. The van der Waals surface area contributed by atoms with E-state index in [1.807, 2.05) is 26.8 Å². The highest BCUT2D eigenvalue weighted by atomic mass is 16.6. The number of amides is 2. The van der Waals surface area contributed by atoms with Crippen LogP contribution < -0.4 is 10.6 Å². The molecule has 2 aromatic rings. The summed E-state index contributed by atoms with van der Waals surface area (Å²) in [6.07, 6.45) is 1.83. The quantitative estimate of drug-likeness (QED) is 0.904. The summed E-state index contributed by atoms with van der Waals surface area (Å²) >= 11 is 0. The SMILES string of the molecule is CC(=O)NCCc1coc2ccc(NC(=O)OC(C)(C)C)cc12. The number of benzene rings is 1. The van der Waals surface area contributed by atoms with E-state index in [0.29, 0.717) is 18.7 Å². The van der Waals surface area contributed by atoms with Gasteiger partial charge in [0.2, 0.25) is 5.91 Å². The van der Waals surface area contributed by atoms with Gasteiger partial charge in [-0.05, 0) is 45.4 Å². The molecule has 2 amide bonds. The monoisotopic (exact) mass is 318 g/mol. The maximum absolute atomic E-state index is 11.8. The summed E-state index contributed by atoms with van der Waals surface area (Å²) in [4.78, 5) is 22.8. The molecular weight excluding hydrogens is 296 g/mol. The van der Waals surface area contributed by atoms with Gasteiger partial charge in [0, 0.05) is 30.1 Å². The molecule has 0 saturated heterocycles. The number of hydrogen-bond acceptors (Lipinski definition) is 4. The van der Waals surface area contributed by atoms with Crippen molar-refractivity contribution in [2.24, 2.45) is 0 Å². The third-order valence-electron chi connectivity index (χ3n) is 3.07. The van der Waals surface area contributed by atoms with Crippen LogP contribution in [0.3, 0.4) is 0 Å². The Balaban J connectivity index is 2.10. The van der Waals surface area contributed by atoms with Crippen LogP contribution in [-0.2, 0) is 16.0 Å². The molecule has 0 atom stereocenters. The van der Waals surface area contributed by atoms with E-state index in [4.69, 9.17) is 9.15 Å². The molecule has 6 heteroatoms. The van der Waals surface area contributed by atoms with E-state index < -0.39 is 11.7 Å². The van der Waals surface area contributed by atoms with E-state index in [2.05, 4.69) is 10.6 Å². The maximum atomic E-state index is 11.8. The van der Waals surface area contributed by atoms with Gasteiger partial charge in [-0.1, -0.05) is 0 Å². The molecule has 2 N–H and O–H groups in total. The lowest BCUT2D eigenvalue weighted by molar-refractivity contribution is -0.118. The predicted molar refractivity (Wildman–Crippen MR) is 88.5 cm³/mol. The van der Waals surface area contributed by atoms with Crippen molar-refractivity contribution in [2.45, 2.75) is 39.7 Å². The van der Waals surface area contributed by atoms with Crippen molar-refractivity contribution in [3.8, 4) is 0 Å². The molecule has 0 fully saturated rings. The number of carbonyl (C=O) groups is 2. The Labute approximate surface area is 135 Å². The summed E-state index contributed by atoms with van der Waals surface area (Å²) in [5, 5.41) is 6.37. The molecule has 0 aliphatic rings. The first-order chi connectivity index (χ1) is 10.7. The molecule has 2 rings (SSSR count). The first-order valence-corrected chi connectivity index (χ1v) is 7.49. The Kier molecular flexibility index (Phi) is 4.93. The van der Waals surface area contributed by atoms with Gasteiger partial charge in [-0.3, -0.25) is 10.1 Å². The van der Waals surface area contributed by atoms with Gasteiger partial charge in [0.1, 0.15) is 11.2 Å². The zero-order valence-corrected chi connectivity index (χ0v) is 13.9. The molecule has 0 aliphatic carbocycles. The average Bonchev–Trinajstić information content (AvgIpc) is 2.79. The van der Waals surface area contributed by atoms with Crippen LogP contribution in [-0.4, -0.2) is 24.1 Å². The summed E-state index contributed by atoms with van der Waals surface area (Å²) < 4.78 is 10.7. The molecule has 1 aromatic heterocycles. The van der Waals surface area contributed by atoms with Crippen LogP contribution in [0.15, 0.2) is 28.9 Å². The minimum atomic E-state index is -0.548. The number of anilines is 1. The van der Waals surface area contributed by atoms with Gasteiger partial charge in [0.25, 0.3) is 0 Å². The van der Waals surface area contributed by atoms with E-state index in [9.17, 15) is 9.59 Å². The second-order valence-corrected chi connectivity index (χ2v) is 6.33. The van der Waals surface area contributed by atoms with Crippen molar-refractivity contribution >= 4 is 28.7 Å². The molecule has 1 heterocycles. The highest BCUT2D eigenvalue weighted by molar-refractivity contribution is 5.90. The van der Waals surface area contributed by atoms with Gasteiger partial charge in [-0.25, -0.2) is 4.79 Å². The molecule has 0 spiro atoms. The number of furan rings is 1. The Morgan fingerprint density at radius 1 is 1.26 bits per heavy atom. The first-order valence-electron chi connectivity index (χ1n) is 7.49. The molecule has 0 bridgehead atoms. The van der Waals surface area contributed by atoms with E-state index in [1.54, 1.807) is 18.4 Å². The molecule has 1 aromatic carbocycles. The molecule has 124 valence electrons. The lowest BCUT2D eigenvalue weighted by Crippen LogP contribution is -2.27. The number of hydrogen-bond donors (Lipinski definition) is 2. The van der Waals surface area contributed by atoms with Crippen LogP contribution in [0.2, 0.25) is 0 Å². The molecular formula is C17H22N2O4. The highest BCUT2D eigenvalue weighted by Gasteiger charge is 2.16. The highest BCUT2D eigenvalue weighted by Crippen LogP contribution is 2.25. The van der Waals surface area contributed by atoms with Crippen LogP contribution in [0, 0.1) is 0 Å². The van der Waals surface area contributed by atoms with Gasteiger partial charge < -0.3 is 14.5 Å². The fourth-order valence-electron chi connectivity index (χ4n) is 2.15. The fourth-order valence-corrected chi connectivity index (χ4v) is 2.15. The summed E-state index contributed by atoms with van der Waals surface area (Å²) in [6, 6.07) is 5.39. The number of ether oxygens (including phenoxy) is 1. The van der Waals surface area contributed by atoms with Gasteiger partial charge in [-0.2, -0.15) is 0 Å². The topological polar surface area (TPSA) is 80.6 Å². The van der Waals surface area contributed by atoms with Crippen LogP contribution in [0.1, 0.15) is 33.3 Å². The van der Waals surface area contributed by atoms with Crippen molar-refractivity contribution in [1.82, 2.24) is 5.32 Å². The molecule has 6 nitrogen and oxygen atoms in total. The zero-order valence-electron chi connectivity index (χ0n) is 13.9. The first kappa shape index (κ1) is 16.9. The average molecular weight is 318 g/mol. The number of nitrogens with one attached hydrogen (secondary N) is 2. The third-order valence-corrected chi connectivity index (χ3v) is 3.07. The molecule has 0 radical (unpaired) electrons. The minimum absolute atomic E-state index is 0.0647.